The van der Waals surface area contributed by atoms with Crippen molar-refractivity contribution in [2.75, 3.05) is 26.2 Å². The topological polar surface area (TPSA) is 238 Å². The van der Waals surface area contributed by atoms with Gasteiger partial charge in [0.1, 0.15) is 23.9 Å². The predicted octanol–water partition coefficient (Wildman–Crippen LogP) is -1.28. The molecule has 10 N–H and O–H groups in total. The van der Waals surface area contributed by atoms with E-state index < -0.39 is 60.2 Å². The molecular weight excluding hydrogens is 644 g/mol. The third-order valence-corrected chi connectivity index (χ3v) is 8.91. The van der Waals surface area contributed by atoms with Crippen LogP contribution in [0.3, 0.4) is 0 Å². The number of phenols is 1. The van der Waals surface area contributed by atoms with Crippen molar-refractivity contribution in [2.24, 2.45) is 11.5 Å². The zero-order valence-electron chi connectivity index (χ0n) is 28.1. The van der Waals surface area contributed by atoms with Gasteiger partial charge in [-0.15, -0.1) is 0 Å². The molecule has 4 rings (SSSR count). The normalized spacial score (nSPS) is 18.8. The third kappa shape index (κ3) is 11.3. The number of primary amides is 1. The van der Waals surface area contributed by atoms with E-state index in [2.05, 4.69) is 26.6 Å². The SMILES string of the molecule is NC(=O)[C@@H]1CCCN1C(=O)[C@H](Cc1ccccc1)NC(=O)CNC(=O)[C@@H](CCCNC(=O)[C@@H]1CCCN1)NC(=O)[C@@H](N)Cc1ccc(O)cc1. The lowest BCUT2D eigenvalue weighted by atomic mass is 10.0. The first-order chi connectivity index (χ1) is 24.0. The van der Waals surface area contributed by atoms with Crippen LogP contribution in [-0.4, -0.2) is 102 Å². The number of nitrogens with zero attached hydrogens (tertiary/aromatic N) is 1. The van der Waals surface area contributed by atoms with Gasteiger partial charge in [0.2, 0.25) is 35.4 Å². The number of nitrogens with two attached hydrogens (primary N) is 2. The quantitative estimate of drug-likeness (QED) is 0.0920. The van der Waals surface area contributed by atoms with Crippen LogP contribution in [0.25, 0.3) is 0 Å². The van der Waals surface area contributed by atoms with Crippen LogP contribution in [0.15, 0.2) is 54.6 Å². The lowest BCUT2D eigenvalue weighted by Gasteiger charge is -2.28. The van der Waals surface area contributed by atoms with Crippen LogP contribution in [0.1, 0.15) is 49.7 Å². The highest BCUT2D eigenvalue weighted by Crippen LogP contribution is 2.19. The molecular formula is C35H48N8O7. The van der Waals surface area contributed by atoms with Gasteiger partial charge in [-0.05, 0) is 74.8 Å². The van der Waals surface area contributed by atoms with Gasteiger partial charge in [-0.2, -0.15) is 0 Å². The molecule has 0 unspecified atom stereocenters. The van der Waals surface area contributed by atoms with Crippen molar-refractivity contribution in [2.45, 2.75) is 81.6 Å². The molecule has 0 aliphatic carbocycles. The Kier molecular flexibility index (Phi) is 14.1. The van der Waals surface area contributed by atoms with Crippen molar-refractivity contribution in [1.29, 1.82) is 0 Å². The second-order valence-electron chi connectivity index (χ2n) is 12.7. The highest BCUT2D eigenvalue weighted by molar-refractivity contribution is 5.94. The van der Waals surface area contributed by atoms with Crippen molar-refractivity contribution < 1.29 is 33.9 Å². The first-order valence-corrected chi connectivity index (χ1v) is 17.1. The molecule has 5 atom stereocenters. The van der Waals surface area contributed by atoms with Gasteiger partial charge in [0.25, 0.3) is 0 Å². The molecule has 6 amide bonds. The molecule has 2 aliphatic heterocycles. The molecule has 0 spiro atoms. The Morgan fingerprint density at radius 2 is 1.58 bits per heavy atom. The Hall–Kier alpha value is -5.02. The molecule has 0 radical (unpaired) electrons. The molecule has 0 bridgehead atoms. The summed E-state index contributed by atoms with van der Waals surface area (Å²) >= 11 is 0. The van der Waals surface area contributed by atoms with E-state index in [1.54, 1.807) is 12.1 Å². The van der Waals surface area contributed by atoms with Gasteiger partial charge in [-0.3, -0.25) is 28.8 Å². The van der Waals surface area contributed by atoms with Gasteiger partial charge in [-0.1, -0.05) is 42.5 Å². The highest BCUT2D eigenvalue weighted by atomic mass is 16.3. The Labute approximate surface area is 291 Å². The number of phenolic OH excluding ortho intramolecular Hbond substituents is 1. The third-order valence-electron chi connectivity index (χ3n) is 8.91. The van der Waals surface area contributed by atoms with Crippen molar-refractivity contribution in [3.63, 3.8) is 0 Å². The number of likely N-dealkylation sites (tertiary alicyclic amines) is 1. The largest absolute Gasteiger partial charge is 0.508 e. The maximum Gasteiger partial charge on any atom is 0.246 e. The summed E-state index contributed by atoms with van der Waals surface area (Å²) in [5.74, 6) is -3.00. The van der Waals surface area contributed by atoms with Crippen LogP contribution in [0, 0.1) is 0 Å². The average molecular weight is 693 g/mol. The first kappa shape index (κ1) is 37.8. The fraction of sp³-hybridized carbons (Fsp3) is 0.486. The predicted molar refractivity (Wildman–Crippen MR) is 184 cm³/mol. The van der Waals surface area contributed by atoms with Crippen molar-refractivity contribution in [3.8, 4) is 5.75 Å². The molecule has 2 aromatic carbocycles. The first-order valence-electron chi connectivity index (χ1n) is 17.1. The van der Waals surface area contributed by atoms with E-state index in [0.717, 1.165) is 24.9 Å². The Morgan fingerprint density at radius 1 is 0.860 bits per heavy atom. The number of hydrogen-bond donors (Lipinski definition) is 8. The van der Waals surface area contributed by atoms with Gasteiger partial charge < -0.3 is 48.1 Å². The van der Waals surface area contributed by atoms with E-state index >= 15 is 0 Å². The second-order valence-corrected chi connectivity index (χ2v) is 12.7. The fourth-order valence-electron chi connectivity index (χ4n) is 6.19. The molecule has 0 saturated carbocycles. The van der Waals surface area contributed by atoms with Crippen LogP contribution in [0.5, 0.6) is 5.75 Å². The molecule has 2 aromatic rings. The zero-order valence-corrected chi connectivity index (χ0v) is 28.1. The van der Waals surface area contributed by atoms with E-state index in [1.807, 2.05) is 30.3 Å². The zero-order chi connectivity index (χ0) is 36.0. The standard InChI is InChI=1S/C35H48N8O7/c36-25(19-23-12-14-24(44)15-13-23)32(47)42-27(10-5-17-39-33(48)26-9-4-16-38-26)34(49)40-21-30(45)41-28(20-22-7-2-1-3-8-22)35(50)43-18-6-11-29(43)31(37)46/h1-3,7-8,12-15,25-29,38,44H,4-6,9-11,16-21,36H2,(H2,37,46)(H,39,48)(H,40,49)(H,41,45)(H,42,47)/t25-,26-,27+,28-,29-/m0/s1. The number of aromatic hydroxyl groups is 1. The lowest BCUT2D eigenvalue weighted by Crippen LogP contribution is -2.56. The second kappa shape index (κ2) is 18.7. The maximum atomic E-state index is 13.6. The summed E-state index contributed by atoms with van der Waals surface area (Å²) < 4.78 is 0. The minimum atomic E-state index is -1.08. The van der Waals surface area contributed by atoms with Crippen molar-refractivity contribution in [3.05, 3.63) is 65.7 Å². The van der Waals surface area contributed by atoms with Gasteiger partial charge in [0.15, 0.2) is 0 Å². The van der Waals surface area contributed by atoms with E-state index in [0.29, 0.717) is 31.4 Å². The molecule has 270 valence electrons. The summed E-state index contributed by atoms with van der Waals surface area (Å²) in [6, 6.07) is 11.2. The Morgan fingerprint density at radius 3 is 2.26 bits per heavy atom. The van der Waals surface area contributed by atoms with Crippen LogP contribution in [0.4, 0.5) is 0 Å². The average Bonchev–Trinajstić information content (AvgIpc) is 3.83. The van der Waals surface area contributed by atoms with Crippen LogP contribution >= 0.6 is 0 Å². The summed E-state index contributed by atoms with van der Waals surface area (Å²) in [5.41, 5.74) is 13.2. The lowest BCUT2D eigenvalue weighted by molar-refractivity contribution is -0.140. The molecule has 15 nitrogen and oxygen atoms in total. The van der Waals surface area contributed by atoms with E-state index in [9.17, 15) is 33.9 Å². The molecule has 0 aromatic heterocycles. The molecule has 2 aliphatic rings. The maximum absolute atomic E-state index is 13.6. The summed E-state index contributed by atoms with van der Waals surface area (Å²) in [6.45, 7) is 0.880. The van der Waals surface area contributed by atoms with Gasteiger partial charge in [-0.25, -0.2) is 0 Å². The van der Waals surface area contributed by atoms with E-state index in [1.165, 1.54) is 17.0 Å². The summed E-state index contributed by atoms with van der Waals surface area (Å²) in [6.07, 6.45) is 3.50. The molecule has 50 heavy (non-hydrogen) atoms. The molecule has 15 heteroatoms. The van der Waals surface area contributed by atoms with Crippen LogP contribution < -0.4 is 38.1 Å². The fourth-order valence-corrected chi connectivity index (χ4v) is 6.19. The van der Waals surface area contributed by atoms with Crippen LogP contribution in [0.2, 0.25) is 0 Å². The van der Waals surface area contributed by atoms with E-state index in [-0.39, 0.29) is 43.5 Å². The molecule has 2 fully saturated rings. The number of nitrogens with one attached hydrogen (secondary N) is 5. The molecule has 2 saturated heterocycles. The van der Waals surface area contributed by atoms with Crippen LogP contribution in [-0.2, 0) is 41.6 Å². The Balaban J connectivity index is 1.37. The van der Waals surface area contributed by atoms with Gasteiger partial charge >= 0.3 is 0 Å². The number of carbonyl (C=O) groups excluding carboxylic acids is 6. The smallest absolute Gasteiger partial charge is 0.246 e. The number of hydrogen-bond acceptors (Lipinski definition) is 9. The molecule has 2 heterocycles. The van der Waals surface area contributed by atoms with Crippen molar-refractivity contribution >= 4 is 35.4 Å². The van der Waals surface area contributed by atoms with Gasteiger partial charge in [0.05, 0.1) is 18.6 Å². The summed E-state index contributed by atoms with van der Waals surface area (Å²) in [5, 5.41) is 23.4. The van der Waals surface area contributed by atoms with Crippen molar-refractivity contribution in [1.82, 2.24) is 31.5 Å². The Bertz CT molecular complexity index is 1480. The van der Waals surface area contributed by atoms with E-state index in [4.69, 9.17) is 11.5 Å². The highest BCUT2D eigenvalue weighted by Gasteiger charge is 2.37. The number of benzene rings is 2. The minimum absolute atomic E-state index is 0.0741. The minimum Gasteiger partial charge on any atom is -0.508 e. The number of rotatable bonds is 17. The number of carbonyl (C=O) groups is 6. The van der Waals surface area contributed by atoms with Gasteiger partial charge in [0, 0.05) is 19.5 Å². The monoisotopic (exact) mass is 692 g/mol. The summed E-state index contributed by atoms with van der Waals surface area (Å²) in [4.78, 5) is 79.0. The summed E-state index contributed by atoms with van der Waals surface area (Å²) in [7, 11) is 0. The number of amides is 6.